The van der Waals surface area contributed by atoms with E-state index in [1.165, 1.54) is 12.8 Å². The van der Waals surface area contributed by atoms with E-state index in [1.54, 1.807) is 17.0 Å². The number of nitrogens with zero attached hydrogens (tertiary/aromatic N) is 2. The van der Waals surface area contributed by atoms with Crippen LogP contribution in [0.5, 0.6) is 0 Å². The molecule has 2 amide bonds. The van der Waals surface area contributed by atoms with Gasteiger partial charge in [0.05, 0.1) is 16.9 Å². The van der Waals surface area contributed by atoms with Gasteiger partial charge in [0.2, 0.25) is 5.91 Å². The van der Waals surface area contributed by atoms with Gasteiger partial charge in [-0.1, -0.05) is 67.6 Å². The molecule has 6 heteroatoms. The number of rotatable bonds is 4. The molecule has 3 aromatic rings. The molecule has 5 nitrogen and oxygen atoms in total. The Hall–Kier alpha value is -3.05. The predicted octanol–water partition coefficient (Wildman–Crippen LogP) is 5.67. The first-order valence-corrected chi connectivity index (χ1v) is 12.1. The monoisotopic (exact) mass is 461 g/mol. The second-order valence-electron chi connectivity index (χ2n) is 8.98. The minimum absolute atomic E-state index is 0.120. The van der Waals surface area contributed by atoms with Gasteiger partial charge in [-0.2, -0.15) is 0 Å². The normalized spacial score (nSPS) is 18.8. The molecule has 0 radical (unpaired) electrons. The van der Waals surface area contributed by atoms with Crippen molar-refractivity contribution in [2.24, 2.45) is 0 Å². The van der Waals surface area contributed by atoms with Crippen molar-refractivity contribution in [1.29, 1.82) is 0 Å². The number of benzene rings is 2. The van der Waals surface area contributed by atoms with Crippen LogP contribution in [-0.2, 0) is 11.3 Å². The molecule has 1 aliphatic heterocycles. The van der Waals surface area contributed by atoms with Gasteiger partial charge in [-0.15, -0.1) is 0 Å². The lowest BCUT2D eigenvalue weighted by atomic mass is 10.1. The topological polar surface area (TPSA) is 54.3 Å². The van der Waals surface area contributed by atoms with Crippen molar-refractivity contribution >= 4 is 23.4 Å². The zero-order chi connectivity index (χ0) is 22.8. The number of carbonyl (C=O) groups is 2. The van der Waals surface area contributed by atoms with Crippen LogP contribution < -0.4 is 5.32 Å². The minimum Gasteiger partial charge on any atom is -0.351 e. The Kier molecular flexibility index (Phi) is 6.23. The molecule has 1 aromatic heterocycles. The standard InChI is InChI=1S/C27H28ClN3O2/c28-20-14-15-23-22(17-20)27(33)31(18-19-9-4-3-5-10-19)25(24-13-8-16-30(23)24)26(32)29-21-11-6-1-2-7-12-21/h3-5,8-10,13-17,21,25H,1-2,6-7,11-12,18H2,(H,29,32). The SMILES string of the molecule is O=C(NC1CCCCCC1)C1c2cccn2-c2ccc(Cl)cc2C(=O)N1Cc1ccccc1. The minimum atomic E-state index is -0.734. The van der Waals surface area contributed by atoms with E-state index in [4.69, 9.17) is 11.6 Å². The molecule has 1 atom stereocenters. The maximum atomic E-state index is 13.9. The Balaban J connectivity index is 1.58. The molecule has 2 aliphatic rings. The zero-order valence-corrected chi connectivity index (χ0v) is 19.3. The third-order valence-electron chi connectivity index (χ3n) is 6.73. The van der Waals surface area contributed by atoms with Crippen LogP contribution in [0, 0.1) is 0 Å². The van der Waals surface area contributed by atoms with Crippen molar-refractivity contribution in [2.45, 2.75) is 57.2 Å². The molecule has 0 saturated heterocycles. The van der Waals surface area contributed by atoms with Crippen LogP contribution in [0.2, 0.25) is 5.02 Å². The van der Waals surface area contributed by atoms with Crippen LogP contribution in [0.25, 0.3) is 5.69 Å². The van der Waals surface area contributed by atoms with E-state index in [0.29, 0.717) is 17.1 Å². The fraction of sp³-hybridized carbons (Fsp3) is 0.333. The molecule has 0 spiro atoms. The smallest absolute Gasteiger partial charge is 0.257 e. The van der Waals surface area contributed by atoms with E-state index < -0.39 is 6.04 Å². The van der Waals surface area contributed by atoms with Crippen LogP contribution in [0.4, 0.5) is 0 Å². The van der Waals surface area contributed by atoms with Crippen molar-refractivity contribution < 1.29 is 9.59 Å². The highest BCUT2D eigenvalue weighted by molar-refractivity contribution is 6.31. The van der Waals surface area contributed by atoms with Crippen molar-refractivity contribution in [2.75, 3.05) is 0 Å². The van der Waals surface area contributed by atoms with E-state index in [2.05, 4.69) is 5.32 Å². The molecular formula is C27H28ClN3O2. The van der Waals surface area contributed by atoms with E-state index >= 15 is 0 Å². The van der Waals surface area contributed by atoms with Gasteiger partial charge in [0.15, 0.2) is 6.04 Å². The first kappa shape index (κ1) is 21.8. The number of amides is 2. The molecule has 1 fully saturated rings. The highest BCUT2D eigenvalue weighted by Gasteiger charge is 2.38. The molecular weight excluding hydrogens is 434 g/mol. The highest BCUT2D eigenvalue weighted by atomic mass is 35.5. The molecule has 2 heterocycles. The number of hydrogen-bond donors (Lipinski definition) is 1. The van der Waals surface area contributed by atoms with Gasteiger partial charge in [0.1, 0.15) is 0 Å². The number of fused-ring (bicyclic) bond motifs is 3. The fourth-order valence-electron chi connectivity index (χ4n) is 5.08. The van der Waals surface area contributed by atoms with Gasteiger partial charge in [-0.25, -0.2) is 0 Å². The second-order valence-corrected chi connectivity index (χ2v) is 9.42. The third-order valence-corrected chi connectivity index (χ3v) is 6.96. The molecule has 170 valence electrons. The van der Waals surface area contributed by atoms with Gasteiger partial charge in [-0.05, 0) is 48.7 Å². The van der Waals surface area contributed by atoms with Crippen LogP contribution >= 0.6 is 11.6 Å². The molecule has 33 heavy (non-hydrogen) atoms. The zero-order valence-electron chi connectivity index (χ0n) is 18.5. The van der Waals surface area contributed by atoms with Gasteiger partial charge in [-0.3, -0.25) is 9.59 Å². The summed E-state index contributed by atoms with van der Waals surface area (Å²) < 4.78 is 1.95. The summed E-state index contributed by atoms with van der Waals surface area (Å²) in [5.41, 5.74) is 3.00. The van der Waals surface area contributed by atoms with E-state index in [0.717, 1.165) is 42.6 Å². The predicted molar refractivity (Wildman–Crippen MR) is 129 cm³/mol. The lowest BCUT2D eigenvalue weighted by molar-refractivity contribution is -0.127. The highest BCUT2D eigenvalue weighted by Crippen LogP contribution is 2.35. The lowest BCUT2D eigenvalue weighted by Crippen LogP contribution is -2.46. The molecule has 2 aromatic carbocycles. The first-order chi connectivity index (χ1) is 16.1. The Labute approximate surface area is 199 Å². The average molecular weight is 462 g/mol. The quantitative estimate of drug-likeness (QED) is 0.509. The van der Waals surface area contributed by atoms with Crippen LogP contribution in [0.15, 0.2) is 66.9 Å². The number of aromatic nitrogens is 1. The van der Waals surface area contributed by atoms with E-state index in [-0.39, 0.29) is 17.9 Å². The fourth-order valence-corrected chi connectivity index (χ4v) is 5.25. The third kappa shape index (κ3) is 4.42. The summed E-state index contributed by atoms with van der Waals surface area (Å²) in [7, 11) is 0. The van der Waals surface area contributed by atoms with Gasteiger partial charge < -0.3 is 14.8 Å². The average Bonchev–Trinajstić information content (AvgIpc) is 3.10. The largest absolute Gasteiger partial charge is 0.351 e. The van der Waals surface area contributed by atoms with Crippen molar-refractivity contribution in [3.05, 3.63) is 88.7 Å². The lowest BCUT2D eigenvalue weighted by Gasteiger charge is -2.31. The Bertz CT molecular complexity index is 1150. The van der Waals surface area contributed by atoms with Gasteiger partial charge in [0.25, 0.3) is 5.91 Å². The Morgan fingerprint density at radius 1 is 0.970 bits per heavy atom. The second kappa shape index (κ2) is 9.44. The van der Waals surface area contributed by atoms with Crippen LogP contribution in [0.3, 0.4) is 0 Å². The summed E-state index contributed by atoms with van der Waals surface area (Å²) in [5.74, 6) is -0.314. The van der Waals surface area contributed by atoms with E-state index in [9.17, 15) is 9.59 Å². The van der Waals surface area contributed by atoms with Crippen molar-refractivity contribution in [3.8, 4) is 5.69 Å². The number of halogens is 1. The van der Waals surface area contributed by atoms with Crippen LogP contribution in [-0.4, -0.2) is 27.3 Å². The summed E-state index contributed by atoms with van der Waals surface area (Å²) in [6.45, 7) is 0.333. The molecule has 1 N–H and O–H groups in total. The molecule has 5 rings (SSSR count). The number of nitrogens with one attached hydrogen (secondary N) is 1. The number of carbonyl (C=O) groups excluding carboxylic acids is 2. The Morgan fingerprint density at radius 3 is 2.48 bits per heavy atom. The maximum absolute atomic E-state index is 13.9. The summed E-state index contributed by atoms with van der Waals surface area (Å²) in [6.07, 6.45) is 8.57. The van der Waals surface area contributed by atoms with Gasteiger partial charge >= 0.3 is 0 Å². The summed E-state index contributed by atoms with van der Waals surface area (Å²) in [5, 5.41) is 3.79. The van der Waals surface area contributed by atoms with E-state index in [1.807, 2.05) is 59.3 Å². The maximum Gasteiger partial charge on any atom is 0.257 e. The van der Waals surface area contributed by atoms with Crippen molar-refractivity contribution in [1.82, 2.24) is 14.8 Å². The number of hydrogen-bond acceptors (Lipinski definition) is 2. The molecule has 1 aliphatic carbocycles. The van der Waals surface area contributed by atoms with Crippen LogP contribution in [0.1, 0.15) is 66.2 Å². The van der Waals surface area contributed by atoms with Gasteiger partial charge in [0, 0.05) is 23.8 Å². The summed E-state index contributed by atoms with van der Waals surface area (Å²) in [4.78, 5) is 29.4. The Morgan fingerprint density at radius 2 is 1.73 bits per heavy atom. The molecule has 0 bridgehead atoms. The van der Waals surface area contributed by atoms with Crippen molar-refractivity contribution in [3.63, 3.8) is 0 Å². The summed E-state index contributed by atoms with van der Waals surface area (Å²) >= 11 is 6.29. The molecule has 1 saturated carbocycles. The summed E-state index contributed by atoms with van der Waals surface area (Å²) in [6, 6.07) is 18.4. The molecule has 1 unspecified atom stereocenters. The first-order valence-electron chi connectivity index (χ1n) is 11.7.